The number of nitrogens with zero attached hydrogens (tertiary/aromatic N) is 2. The highest BCUT2D eigenvalue weighted by Crippen LogP contribution is 2.28. The third kappa shape index (κ3) is 4.63. The van der Waals surface area contributed by atoms with Gasteiger partial charge in [-0.15, -0.1) is 0 Å². The van der Waals surface area contributed by atoms with E-state index in [-0.39, 0.29) is 21.9 Å². The quantitative estimate of drug-likeness (QED) is 0.476. The maximum absolute atomic E-state index is 13.2. The Morgan fingerprint density at radius 2 is 1.67 bits per heavy atom. The van der Waals surface area contributed by atoms with Gasteiger partial charge in [0.25, 0.3) is 0 Å². The summed E-state index contributed by atoms with van der Waals surface area (Å²) >= 11 is 0. The summed E-state index contributed by atoms with van der Waals surface area (Å²) in [6.07, 6.45) is 2.79. The highest BCUT2D eigenvalue weighted by Gasteiger charge is 2.23. The number of H-pyrrole nitrogens is 1. The van der Waals surface area contributed by atoms with E-state index in [1.165, 1.54) is 6.07 Å². The summed E-state index contributed by atoms with van der Waals surface area (Å²) < 4.78 is 26.4. The Morgan fingerprint density at radius 1 is 0.967 bits per heavy atom. The van der Waals surface area contributed by atoms with E-state index < -0.39 is 9.84 Å². The van der Waals surface area contributed by atoms with Gasteiger partial charge in [-0.05, 0) is 50.8 Å². The Balaban J connectivity index is 1.68. The van der Waals surface area contributed by atoms with Gasteiger partial charge < -0.3 is 15.7 Å². The number of pyridine rings is 1. The predicted molar refractivity (Wildman–Crippen MR) is 115 cm³/mol. The molecule has 4 rings (SSSR count). The van der Waals surface area contributed by atoms with Crippen LogP contribution in [-0.4, -0.2) is 40.9 Å². The topological polar surface area (TPSA) is 120 Å². The van der Waals surface area contributed by atoms with E-state index >= 15 is 0 Å². The summed E-state index contributed by atoms with van der Waals surface area (Å²) in [5.41, 5.74) is 0.879. The first-order valence-electron chi connectivity index (χ1n) is 9.96. The summed E-state index contributed by atoms with van der Waals surface area (Å²) in [7, 11) is -3.71. The van der Waals surface area contributed by atoms with Gasteiger partial charge >= 0.3 is 0 Å². The van der Waals surface area contributed by atoms with Crippen molar-refractivity contribution in [2.45, 2.75) is 54.5 Å². The van der Waals surface area contributed by atoms with E-state index in [1.807, 2.05) is 13.0 Å². The van der Waals surface area contributed by atoms with Crippen LogP contribution in [0.3, 0.4) is 0 Å². The number of aliphatic hydroxyl groups is 1. The molecule has 3 aromatic rings. The first kappa shape index (κ1) is 20.4. The number of rotatable bonds is 6. The van der Waals surface area contributed by atoms with Crippen molar-refractivity contribution >= 4 is 27.3 Å². The van der Waals surface area contributed by atoms with Gasteiger partial charge in [-0.25, -0.2) is 13.4 Å². The second kappa shape index (κ2) is 8.45. The molecule has 1 saturated carbocycles. The van der Waals surface area contributed by atoms with Crippen LogP contribution in [-0.2, 0) is 9.84 Å². The van der Waals surface area contributed by atoms with Crippen LogP contribution in [0, 0.1) is 6.92 Å². The van der Waals surface area contributed by atoms with E-state index in [0.717, 1.165) is 31.4 Å². The number of benzene rings is 1. The van der Waals surface area contributed by atoms with Gasteiger partial charge in [0.2, 0.25) is 9.84 Å². The van der Waals surface area contributed by atoms with Crippen LogP contribution in [0.4, 0.5) is 17.5 Å². The van der Waals surface area contributed by atoms with Crippen LogP contribution in [0.5, 0.6) is 0 Å². The molecular formula is C21H25N5O3S. The summed E-state index contributed by atoms with van der Waals surface area (Å²) in [6.45, 7) is 1.88. The second-order valence-corrected chi connectivity index (χ2v) is 9.55. The third-order valence-corrected chi connectivity index (χ3v) is 6.92. The normalized spacial score (nSPS) is 19.4. The number of nitrogens with one attached hydrogen (secondary N) is 3. The molecule has 0 aliphatic heterocycles. The van der Waals surface area contributed by atoms with Gasteiger partial charge in [0, 0.05) is 23.9 Å². The van der Waals surface area contributed by atoms with Crippen molar-refractivity contribution < 1.29 is 13.5 Å². The molecule has 30 heavy (non-hydrogen) atoms. The fourth-order valence-corrected chi connectivity index (χ4v) is 4.90. The lowest BCUT2D eigenvalue weighted by molar-refractivity contribution is 0.126. The van der Waals surface area contributed by atoms with Crippen molar-refractivity contribution in [3.63, 3.8) is 0 Å². The van der Waals surface area contributed by atoms with Gasteiger partial charge in [-0.3, -0.25) is 5.10 Å². The standard InChI is InChI=1S/C21H25N5O3S/c1-14-11-21(26-25-14)24-20-13-18(30(28,29)17-5-3-2-4-6-17)12-19(23-20)22-15-7-9-16(27)10-8-15/h2-6,11-13,15-16,27H,7-10H2,1H3,(H3,22,23,24,25,26)/t15-,16-. The average Bonchev–Trinajstić information content (AvgIpc) is 3.15. The smallest absolute Gasteiger partial charge is 0.206 e. The molecule has 0 saturated heterocycles. The fourth-order valence-electron chi connectivity index (χ4n) is 3.58. The number of aromatic nitrogens is 3. The molecule has 9 heteroatoms. The summed E-state index contributed by atoms with van der Waals surface area (Å²) in [4.78, 5) is 4.93. The number of sulfone groups is 1. The SMILES string of the molecule is Cc1cc(Nc2cc(S(=O)(=O)c3ccccc3)cc(N[C@H]3CC[C@H](O)CC3)n2)n[nH]1. The maximum Gasteiger partial charge on any atom is 0.206 e. The molecular weight excluding hydrogens is 402 g/mol. The fraction of sp³-hybridized carbons (Fsp3) is 0.333. The first-order valence-corrected chi connectivity index (χ1v) is 11.4. The summed E-state index contributed by atoms with van der Waals surface area (Å²) in [6, 6.07) is 13.4. The zero-order valence-electron chi connectivity index (χ0n) is 16.7. The van der Waals surface area contributed by atoms with E-state index in [1.54, 1.807) is 36.4 Å². The van der Waals surface area contributed by atoms with Crippen molar-refractivity contribution in [2.75, 3.05) is 10.6 Å². The lowest BCUT2D eigenvalue weighted by atomic mass is 9.93. The highest BCUT2D eigenvalue weighted by molar-refractivity contribution is 7.91. The average molecular weight is 428 g/mol. The van der Waals surface area contributed by atoms with Crippen LogP contribution in [0.25, 0.3) is 0 Å². The van der Waals surface area contributed by atoms with Gasteiger partial charge in [0.05, 0.1) is 15.9 Å². The predicted octanol–water partition coefficient (Wildman–Crippen LogP) is 3.40. The number of aliphatic hydroxyl groups excluding tert-OH is 1. The van der Waals surface area contributed by atoms with Crippen molar-refractivity contribution in [2.24, 2.45) is 0 Å². The van der Waals surface area contributed by atoms with Crippen molar-refractivity contribution in [3.05, 3.63) is 54.2 Å². The summed E-state index contributed by atoms with van der Waals surface area (Å²) in [5.74, 6) is 1.42. The maximum atomic E-state index is 13.2. The number of aryl methyl sites for hydroxylation is 1. The minimum Gasteiger partial charge on any atom is -0.393 e. The van der Waals surface area contributed by atoms with E-state index in [9.17, 15) is 13.5 Å². The van der Waals surface area contributed by atoms with Gasteiger partial charge in [0.15, 0.2) is 5.82 Å². The number of aromatic amines is 1. The van der Waals surface area contributed by atoms with Crippen LogP contribution in [0.15, 0.2) is 58.3 Å². The van der Waals surface area contributed by atoms with Crippen LogP contribution in [0.2, 0.25) is 0 Å². The monoisotopic (exact) mass is 427 g/mol. The summed E-state index contributed by atoms with van der Waals surface area (Å²) in [5, 5.41) is 23.1. The molecule has 1 aromatic carbocycles. The van der Waals surface area contributed by atoms with E-state index in [0.29, 0.717) is 17.5 Å². The van der Waals surface area contributed by atoms with Crippen LogP contribution in [0.1, 0.15) is 31.4 Å². The van der Waals surface area contributed by atoms with E-state index in [2.05, 4.69) is 25.8 Å². The molecule has 1 aliphatic carbocycles. The molecule has 2 heterocycles. The zero-order chi connectivity index (χ0) is 21.1. The van der Waals surface area contributed by atoms with Gasteiger partial charge in [-0.1, -0.05) is 18.2 Å². The Hall–Kier alpha value is -2.91. The third-order valence-electron chi connectivity index (χ3n) is 5.17. The Labute approximate surface area is 175 Å². The molecule has 8 nitrogen and oxygen atoms in total. The largest absolute Gasteiger partial charge is 0.393 e. The van der Waals surface area contributed by atoms with Crippen molar-refractivity contribution in [3.8, 4) is 0 Å². The molecule has 1 aliphatic rings. The second-order valence-electron chi connectivity index (χ2n) is 7.60. The molecule has 1 fully saturated rings. The van der Waals surface area contributed by atoms with E-state index in [4.69, 9.17) is 0 Å². The van der Waals surface area contributed by atoms with Gasteiger partial charge in [-0.2, -0.15) is 5.10 Å². The Morgan fingerprint density at radius 3 is 2.33 bits per heavy atom. The molecule has 0 unspecified atom stereocenters. The molecule has 4 N–H and O–H groups in total. The Kier molecular flexibility index (Phi) is 5.74. The lowest BCUT2D eigenvalue weighted by Gasteiger charge is -2.26. The number of hydrogen-bond donors (Lipinski definition) is 4. The Bertz CT molecular complexity index is 1110. The molecule has 2 aromatic heterocycles. The molecule has 0 radical (unpaired) electrons. The molecule has 0 amide bonds. The molecule has 158 valence electrons. The zero-order valence-corrected chi connectivity index (χ0v) is 17.5. The van der Waals surface area contributed by atoms with Crippen LogP contribution < -0.4 is 10.6 Å². The van der Waals surface area contributed by atoms with Gasteiger partial charge in [0.1, 0.15) is 11.6 Å². The molecule has 0 bridgehead atoms. The number of anilines is 3. The highest BCUT2D eigenvalue weighted by atomic mass is 32.2. The molecule has 0 spiro atoms. The van der Waals surface area contributed by atoms with Crippen molar-refractivity contribution in [1.29, 1.82) is 0 Å². The number of hydrogen-bond acceptors (Lipinski definition) is 7. The molecule has 0 atom stereocenters. The van der Waals surface area contributed by atoms with Crippen molar-refractivity contribution in [1.82, 2.24) is 15.2 Å². The minimum absolute atomic E-state index is 0.135. The lowest BCUT2D eigenvalue weighted by Crippen LogP contribution is -2.28. The minimum atomic E-state index is -3.71. The van der Waals surface area contributed by atoms with Crippen LogP contribution >= 0.6 is 0 Å². The first-order chi connectivity index (χ1) is 14.4.